The number of halogens is 1. The Morgan fingerprint density at radius 2 is 1.93 bits per heavy atom. The predicted octanol–water partition coefficient (Wildman–Crippen LogP) is 0.882. The van der Waals surface area contributed by atoms with Crippen LogP contribution in [0.15, 0.2) is 0 Å². The molecule has 3 nitrogen and oxygen atoms in total. The lowest BCUT2D eigenvalue weighted by atomic mass is 9.80. The fraction of sp³-hybridized carbons (Fsp3) is 1.00. The molecule has 0 aromatic rings. The zero-order chi connectivity index (χ0) is 9.43. The van der Waals surface area contributed by atoms with Crippen molar-refractivity contribution >= 4 is 12.4 Å². The topological polar surface area (TPSA) is 24.5 Å². The summed E-state index contributed by atoms with van der Waals surface area (Å²) < 4.78 is 5.40. The summed E-state index contributed by atoms with van der Waals surface area (Å²) in [7, 11) is 0. The van der Waals surface area contributed by atoms with E-state index in [1.807, 2.05) is 0 Å². The van der Waals surface area contributed by atoms with Gasteiger partial charge in [0.2, 0.25) is 0 Å². The second-order valence-electron chi connectivity index (χ2n) is 5.15. The minimum atomic E-state index is 0. The molecule has 1 spiro atoms. The largest absolute Gasteiger partial charge is 0.379 e. The average molecular weight is 233 g/mol. The van der Waals surface area contributed by atoms with Gasteiger partial charge in [-0.25, -0.2) is 0 Å². The molecule has 2 heterocycles. The number of morpholine rings is 1. The summed E-state index contributed by atoms with van der Waals surface area (Å²) in [5.74, 6) is 0. The van der Waals surface area contributed by atoms with E-state index in [1.54, 1.807) is 0 Å². The van der Waals surface area contributed by atoms with Crippen molar-refractivity contribution in [2.45, 2.75) is 25.3 Å². The maximum Gasteiger partial charge on any atom is 0.0594 e. The summed E-state index contributed by atoms with van der Waals surface area (Å²) in [5.41, 5.74) is 0.697. The number of ether oxygens (including phenoxy) is 1. The first-order valence-corrected chi connectivity index (χ1v) is 5.91. The van der Waals surface area contributed by atoms with Crippen LogP contribution in [-0.2, 0) is 4.74 Å². The molecule has 0 bridgehead atoms. The molecular formula is C11H21ClN2O. The summed E-state index contributed by atoms with van der Waals surface area (Å²) in [6.45, 7) is 6.76. The standard InChI is InChI=1S/C11H20N2O.ClH/c1-2-11(8-12-9-11)7-10(1)13-3-5-14-6-4-13;/h10,12H,1-9H2;1H/t10-;/m1./s1. The lowest BCUT2D eigenvalue weighted by Crippen LogP contribution is -2.53. The number of rotatable bonds is 1. The molecule has 0 radical (unpaired) electrons. The third-order valence-electron chi connectivity index (χ3n) is 4.24. The van der Waals surface area contributed by atoms with E-state index in [-0.39, 0.29) is 12.4 Å². The van der Waals surface area contributed by atoms with Crippen LogP contribution >= 0.6 is 12.4 Å². The van der Waals surface area contributed by atoms with E-state index < -0.39 is 0 Å². The Hall–Kier alpha value is 0.170. The van der Waals surface area contributed by atoms with Crippen molar-refractivity contribution < 1.29 is 4.74 Å². The van der Waals surface area contributed by atoms with Gasteiger partial charge in [0.15, 0.2) is 0 Å². The van der Waals surface area contributed by atoms with E-state index in [0.29, 0.717) is 5.41 Å². The highest BCUT2D eigenvalue weighted by Crippen LogP contribution is 2.43. The van der Waals surface area contributed by atoms with Gasteiger partial charge >= 0.3 is 0 Å². The summed E-state index contributed by atoms with van der Waals surface area (Å²) in [4.78, 5) is 2.65. The lowest BCUT2D eigenvalue weighted by molar-refractivity contribution is 0.0135. The van der Waals surface area contributed by atoms with E-state index in [2.05, 4.69) is 10.2 Å². The van der Waals surface area contributed by atoms with Gasteiger partial charge in [0.25, 0.3) is 0 Å². The first-order chi connectivity index (χ1) is 6.88. The van der Waals surface area contributed by atoms with Crippen LogP contribution in [0.1, 0.15) is 19.3 Å². The average Bonchev–Trinajstić information content (AvgIpc) is 2.63. The molecule has 1 N–H and O–H groups in total. The molecule has 4 heteroatoms. The number of nitrogens with one attached hydrogen (secondary N) is 1. The molecule has 88 valence electrons. The Labute approximate surface area is 97.9 Å². The molecule has 3 fully saturated rings. The van der Waals surface area contributed by atoms with Gasteiger partial charge in [-0.1, -0.05) is 0 Å². The maximum absolute atomic E-state index is 5.40. The minimum absolute atomic E-state index is 0. The number of nitrogens with zero attached hydrogens (tertiary/aromatic N) is 1. The van der Waals surface area contributed by atoms with Crippen LogP contribution in [0.25, 0.3) is 0 Å². The predicted molar refractivity (Wildman–Crippen MR) is 62.6 cm³/mol. The molecule has 0 aromatic heterocycles. The van der Waals surface area contributed by atoms with Crippen molar-refractivity contribution in [2.24, 2.45) is 5.41 Å². The minimum Gasteiger partial charge on any atom is -0.379 e. The Balaban J connectivity index is 0.000000853. The van der Waals surface area contributed by atoms with Crippen LogP contribution in [0, 0.1) is 5.41 Å². The third-order valence-corrected chi connectivity index (χ3v) is 4.24. The Morgan fingerprint density at radius 1 is 1.20 bits per heavy atom. The third kappa shape index (κ3) is 2.16. The SMILES string of the molecule is C1CN([C@@H]2CCC3(CNC3)C2)CCO1.Cl. The first-order valence-electron chi connectivity index (χ1n) is 5.91. The van der Waals surface area contributed by atoms with Crippen LogP contribution in [0.5, 0.6) is 0 Å². The normalized spacial score (nSPS) is 34.8. The van der Waals surface area contributed by atoms with Gasteiger partial charge in [0.05, 0.1) is 13.2 Å². The van der Waals surface area contributed by atoms with Gasteiger partial charge in [-0.2, -0.15) is 0 Å². The number of hydrogen-bond donors (Lipinski definition) is 1. The monoisotopic (exact) mass is 232 g/mol. The molecule has 0 amide bonds. The highest BCUT2D eigenvalue weighted by molar-refractivity contribution is 5.85. The van der Waals surface area contributed by atoms with Gasteiger partial charge in [0, 0.05) is 32.2 Å². The molecule has 1 saturated carbocycles. The van der Waals surface area contributed by atoms with Crippen molar-refractivity contribution in [2.75, 3.05) is 39.4 Å². The first kappa shape index (κ1) is 11.6. The van der Waals surface area contributed by atoms with Crippen LogP contribution in [-0.4, -0.2) is 50.3 Å². The van der Waals surface area contributed by atoms with Gasteiger partial charge in [-0.15, -0.1) is 12.4 Å². The van der Waals surface area contributed by atoms with Gasteiger partial charge in [0.1, 0.15) is 0 Å². The van der Waals surface area contributed by atoms with Crippen molar-refractivity contribution in [3.05, 3.63) is 0 Å². The van der Waals surface area contributed by atoms with Crippen LogP contribution in [0.3, 0.4) is 0 Å². The summed E-state index contributed by atoms with van der Waals surface area (Å²) in [5, 5.41) is 3.42. The molecule has 2 saturated heterocycles. The van der Waals surface area contributed by atoms with E-state index >= 15 is 0 Å². The van der Waals surface area contributed by atoms with E-state index in [0.717, 1.165) is 32.3 Å². The highest BCUT2D eigenvalue weighted by Gasteiger charge is 2.45. The Morgan fingerprint density at radius 3 is 2.47 bits per heavy atom. The van der Waals surface area contributed by atoms with Gasteiger partial charge < -0.3 is 10.1 Å². The molecule has 0 unspecified atom stereocenters. The fourth-order valence-electron chi connectivity index (χ4n) is 3.23. The molecule has 2 aliphatic heterocycles. The summed E-state index contributed by atoms with van der Waals surface area (Å²) in [6, 6.07) is 0.862. The molecule has 1 atom stereocenters. The van der Waals surface area contributed by atoms with E-state index in [1.165, 1.54) is 32.4 Å². The van der Waals surface area contributed by atoms with E-state index in [9.17, 15) is 0 Å². The van der Waals surface area contributed by atoms with Crippen molar-refractivity contribution in [1.82, 2.24) is 10.2 Å². The molecular weight excluding hydrogens is 212 g/mol. The smallest absolute Gasteiger partial charge is 0.0594 e. The fourth-order valence-corrected chi connectivity index (χ4v) is 3.23. The molecule has 15 heavy (non-hydrogen) atoms. The molecule has 3 rings (SSSR count). The van der Waals surface area contributed by atoms with Crippen molar-refractivity contribution in [3.63, 3.8) is 0 Å². The lowest BCUT2D eigenvalue weighted by Gasteiger charge is -2.41. The zero-order valence-electron chi connectivity index (χ0n) is 9.21. The highest BCUT2D eigenvalue weighted by atomic mass is 35.5. The second-order valence-corrected chi connectivity index (χ2v) is 5.15. The molecule has 0 aromatic carbocycles. The van der Waals surface area contributed by atoms with Crippen LogP contribution in [0.4, 0.5) is 0 Å². The molecule has 1 aliphatic carbocycles. The zero-order valence-corrected chi connectivity index (χ0v) is 10.0. The quantitative estimate of drug-likeness (QED) is 0.727. The van der Waals surface area contributed by atoms with Gasteiger partial charge in [-0.05, 0) is 24.7 Å². The second kappa shape index (κ2) is 4.58. The maximum atomic E-state index is 5.40. The van der Waals surface area contributed by atoms with Crippen molar-refractivity contribution in [3.8, 4) is 0 Å². The Kier molecular flexibility index (Phi) is 3.56. The van der Waals surface area contributed by atoms with Gasteiger partial charge in [-0.3, -0.25) is 4.90 Å². The molecule has 3 aliphatic rings. The number of hydrogen-bond acceptors (Lipinski definition) is 3. The van der Waals surface area contributed by atoms with Crippen molar-refractivity contribution in [1.29, 1.82) is 0 Å². The Bertz CT molecular complexity index is 215. The van der Waals surface area contributed by atoms with Crippen LogP contribution in [0.2, 0.25) is 0 Å². The summed E-state index contributed by atoms with van der Waals surface area (Å²) >= 11 is 0. The summed E-state index contributed by atoms with van der Waals surface area (Å²) in [6.07, 6.45) is 4.30. The van der Waals surface area contributed by atoms with Crippen LogP contribution < -0.4 is 5.32 Å². The van der Waals surface area contributed by atoms with E-state index in [4.69, 9.17) is 4.74 Å².